The van der Waals surface area contributed by atoms with Gasteiger partial charge in [-0.05, 0) is 25.8 Å². The Morgan fingerprint density at radius 3 is 1.80 bits per heavy atom. The van der Waals surface area contributed by atoms with E-state index in [0.717, 1.165) is 19.3 Å². The van der Waals surface area contributed by atoms with E-state index in [1.807, 2.05) is 0 Å². The van der Waals surface area contributed by atoms with Crippen molar-refractivity contribution in [3.8, 4) is 0 Å². The first-order valence-corrected chi connectivity index (χ1v) is 10.8. The van der Waals surface area contributed by atoms with E-state index < -0.39 is 22.1 Å². The molecule has 0 bridgehead atoms. The molecule has 6 nitrogen and oxygen atoms in total. The predicted molar refractivity (Wildman–Crippen MR) is 98.4 cm³/mol. The lowest BCUT2D eigenvalue weighted by molar-refractivity contribution is -0.141. The van der Waals surface area contributed by atoms with Gasteiger partial charge in [-0.3, -0.25) is 4.55 Å². The van der Waals surface area contributed by atoms with Crippen LogP contribution >= 0.6 is 0 Å². The molecule has 0 aliphatic heterocycles. The molecule has 7 heteroatoms. The van der Waals surface area contributed by atoms with Gasteiger partial charge in [0.25, 0.3) is 0 Å². The monoisotopic (exact) mass is 378 g/mol. The summed E-state index contributed by atoms with van der Waals surface area (Å²) in [4.78, 5) is 11.6. The minimum Gasteiger partial charge on any atom is -0.460 e. The molecule has 0 saturated carbocycles. The quantitative estimate of drug-likeness (QED) is 0.134. The Morgan fingerprint density at radius 2 is 1.36 bits per heavy atom. The molecule has 0 heterocycles. The van der Waals surface area contributed by atoms with Crippen LogP contribution in [0.15, 0.2) is 11.8 Å². The number of unbranched alkanes of at least 4 members (excludes halogenated alkanes) is 11. The van der Waals surface area contributed by atoms with Gasteiger partial charge in [0.05, 0.1) is 6.61 Å². The zero-order chi connectivity index (χ0) is 19.0. The molecule has 0 atom stereocenters. The van der Waals surface area contributed by atoms with Crippen LogP contribution in [0.1, 0.15) is 90.9 Å². The van der Waals surface area contributed by atoms with Crippen molar-refractivity contribution in [1.82, 2.24) is 0 Å². The van der Waals surface area contributed by atoms with Gasteiger partial charge < -0.3 is 8.92 Å². The Bertz CT molecular complexity index is 470. The maximum atomic E-state index is 11.6. The third-order valence-electron chi connectivity index (χ3n) is 3.81. The van der Waals surface area contributed by atoms with Gasteiger partial charge in [-0.2, -0.15) is 8.42 Å². The van der Waals surface area contributed by atoms with Crippen LogP contribution in [0.2, 0.25) is 0 Å². The number of ether oxygens (including phenoxy) is 1. The summed E-state index contributed by atoms with van der Waals surface area (Å²) >= 11 is 0. The van der Waals surface area contributed by atoms with Gasteiger partial charge in [0.1, 0.15) is 0 Å². The number of allylic oxidation sites excluding steroid dienone is 1. The summed E-state index contributed by atoms with van der Waals surface area (Å²) in [5, 5.41) is 0. The van der Waals surface area contributed by atoms with Gasteiger partial charge in [-0.1, -0.05) is 71.1 Å². The summed E-state index contributed by atoms with van der Waals surface area (Å²) in [6, 6.07) is 0. The highest BCUT2D eigenvalue weighted by Gasteiger charge is 2.18. The topological polar surface area (TPSA) is 89.9 Å². The highest BCUT2D eigenvalue weighted by Crippen LogP contribution is 2.13. The number of hydrogen-bond acceptors (Lipinski definition) is 5. The molecule has 0 aliphatic carbocycles. The fraction of sp³-hybridized carbons (Fsp3) is 0.833. The molecule has 0 aromatic rings. The Labute approximate surface area is 152 Å². The van der Waals surface area contributed by atoms with Gasteiger partial charge in [0.2, 0.25) is 5.76 Å². The SMILES string of the molecule is CCCCCCCCCCCCC/C=C(/OS(=O)(=O)O)C(=O)OCC. The summed E-state index contributed by atoms with van der Waals surface area (Å²) in [6.07, 6.45) is 15.2. The maximum absolute atomic E-state index is 11.6. The Hall–Kier alpha value is -1.08. The molecule has 0 spiro atoms. The van der Waals surface area contributed by atoms with Crippen LogP contribution in [0.3, 0.4) is 0 Å². The minimum atomic E-state index is -4.72. The predicted octanol–water partition coefficient (Wildman–Crippen LogP) is 4.95. The van der Waals surface area contributed by atoms with Crippen molar-refractivity contribution in [3.05, 3.63) is 11.8 Å². The molecular weight excluding hydrogens is 344 g/mol. The zero-order valence-corrected chi connectivity index (χ0v) is 16.5. The molecule has 0 saturated heterocycles. The van der Waals surface area contributed by atoms with Crippen LogP contribution in [0.25, 0.3) is 0 Å². The van der Waals surface area contributed by atoms with Crippen molar-refractivity contribution in [2.45, 2.75) is 90.9 Å². The van der Waals surface area contributed by atoms with Gasteiger partial charge >= 0.3 is 16.4 Å². The van der Waals surface area contributed by atoms with Crippen molar-refractivity contribution in [1.29, 1.82) is 0 Å². The molecule has 0 unspecified atom stereocenters. The first-order chi connectivity index (χ1) is 11.9. The van der Waals surface area contributed by atoms with Gasteiger partial charge in [-0.25, -0.2) is 4.79 Å². The average molecular weight is 379 g/mol. The molecule has 1 N–H and O–H groups in total. The van der Waals surface area contributed by atoms with E-state index in [1.54, 1.807) is 6.92 Å². The van der Waals surface area contributed by atoms with Crippen LogP contribution < -0.4 is 0 Å². The van der Waals surface area contributed by atoms with Crippen molar-refractivity contribution in [2.24, 2.45) is 0 Å². The fourth-order valence-corrected chi connectivity index (χ4v) is 2.87. The van der Waals surface area contributed by atoms with E-state index in [0.29, 0.717) is 6.42 Å². The molecule has 0 radical (unpaired) electrons. The Balaban J connectivity index is 3.85. The number of rotatable bonds is 16. The smallest absolute Gasteiger partial charge is 0.446 e. The third kappa shape index (κ3) is 16.2. The van der Waals surface area contributed by atoms with Crippen molar-refractivity contribution in [3.63, 3.8) is 0 Å². The highest BCUT2D eigenvalue weighted by atomic mass is 32.3. The molecule has 148 valence electrons. The molecule has 25 heavy (non-hydrogen) atoms. The molecule has 0 aromatic carbocycles. The summed E-state index contributed by atoms with van der Waals surface area (Å²) in [6.45, 7) is 3.93. The molecule has 0 aliphatic rings. The fourth-order valence-electron chi connectivity index (χ4n) is 2.51. The molecule has 0 aromatic heterocycles. The minimum absolute atomic E-state index is 0.101. The number of carbonyl (C=O) groups is 1. The summed E-state index contributed by atoms with van der Waals surface area (Å²) in [5.74, 6) is -1.36. The van der Waals surface area contributed by atoms with E-state index >= 15 is 0 Å². The number of esters is 1. The second-order valence-electron chi connectivity index (χ2n) is 6.12. The second-order valence-corrected chi connectivity index (χ2v) is 7.15. The largest absolute Gasteiger partial charge is 0.460 e. The van der Waals surface area contributed by atoms with Gasteiger partial charge in [0, 0.05) is 0 Å². The Morgan fingerprint density at radius 1 is 0.880 bits per heavy atom. The normalized spacial score (nSPS) is 12.2. The van der Waals surface area contributed by atoms with Crippen LogP contribution in [-0.2, 0) is 24.1 Å². The number of carbonyl (C=O) groups excluding carboxylic acids is 1. The first-order valence-electron chi connectivity index (χ1n) is 9.44. The van der Waals surface area contributed by atoms with E-state index in [2.05, 4.69) is 11.1 Å². The standard InChI is InChI=1S/C18H34O6S/c1-3-5-6-7-8-9-10-11-12-13-14-15-16-17(18(19)23-4-2)24-25(20,21)22/h16H,3-15H2,1-2H3,(H,20,21,22)/b17-16+. The van der Waals surface area contributed by atoms with E-state index in [-0.39, 0.29) is 6.61 Å². The lowest BCUT2D eigenvalue weighted by Crippen LogP contribution is -2.14. The van der Waals surface area contributed by atoms with Crippen molar-refractivity contribution in [2.75, 3.05) is 6.61 Å². The Kier molecular flexibility index (Phi) is 14.5. The highest BCUT2D eigenvalue weighted by molar-refractivity contribution is 7.81. The van der Waals surface area contributed by atoms with Crippen molar-refractivity contribution < 1.29 is 26.7 Å². The third-order valence-corrected chi connectivity index (χ3v) is 4.20. The van der Waals surface area contributed by atoms with Crippen LogP contribution in [0, 0.1) is 0 Å². The van der Waals surface area contributed by atoms with E-state index in [9.17, 15) is 13.2 Å². The molecular formula is C18H34O6S. The maximum Gasteiger partial charge on any atom is 0.446 e. The number of hydrogen-bond donors (Lipinski definition) is 1. The van der Waals surface area contributed by atoms with Gasteiger partial charge in [0.15, 0.2) is 0 Å². The molecule has 0 amide bonds. The van der Waals surface area contributed by atoms with Crippen molar-refractivity contribution >= 4 is 16.4 Å². The summed E-state index contributed by atoms with van der Waals surface area (Å²) in [5.41, 5.74) is 0. The lowest BCUT2D eigenvalue weighted by atomic mass is 10.1. The molecule has 0 rings (SSSR count). The van der Waals surface area contributed by atoms with E-state index in [4.69, 9.17) is 9.29 Å². The average Bonchev–Trinajstić information content (AvgIpc) is 2.54. The summed E-state index contributed by atoms with van der Waals surface area (Å²) < 4.78 is 39.2. The zero-order valence-electron chi connectivity index (χ0n) is 15.7. The molecule has 0 fully saturated rings. The first kappa shape index (κ1) is 23.9. The van der Waals surface area contributed by atoms with Crippen LogP contribution in [0.5, 0.6) is 0 Å². The van der Waals surface area contributed by atoms with Crippen LogP contribution in [-0.4, -0.2) is 25.5 Å². The lowest BCUT2D eigenvalue weighted by Gasteiger charge is -2.06. The second kappa shape index (κ2) is 15.2. The van der Waals surface area contributed by atoms with E-state index in [1.165, 1.54) is 57.4 Å². The summed E-state index contributed by atoms with van der Waals surface area (Å²) in [7, 11) is -4.72. The van der Waals surface area contributed by atoms with Gasteiger partial charge in [-0.15, -0.1) is 0 Å². The van der Waals surface area contributed by atoms with Crippen LogP contribution in [0.4, 0.5) is 0 Å².